The van der Waals surface area contributed by atoms with Gasteiger partial charge in [0.1, 0.15) is 5.82 Å². The molecule has 0 spiro atoms. The first-order valence-corrected chi connectivity index (χ1v) is 7.42. The highest BCUT2D eigenvalue weighted by Gasteiger charge is 2.07. The summed E-state index contributed by atoms with van der Waals surface area (Å²) in [5, 5.41) is 3.39. The van der Waals surface area contributed by atoms with E-state index in [-0.39, 0.29) is 0 Å². The van der Waals surface area contributed by atoms with Gasteiger partial charge in [-0.1, -0.05) is 13.3 Å². The Balaban J connectivity index is 2.49. The molecule has 1 heterocycles. The van der Waals surface area contributed by atoms with Crippen LogP contribution in [0, 0.1) is 12.8 Å². The molecule has 96 valence electrons. The Kier molecular flexibility index (Phi) is 6.90. The molecule has 17 heavy (non-hydrogen) atoms. The first kappa shape index (κ1) is 14.8. The van der Waals surface area contributed by atoms with Gasteiger partial charge < -0.3 is 5.32 Å². The molecule has 1 rings (SSSR count). The molecule has 1 unspecified atom stereocenters. The van der Waals surface area contributed by atoms with Crippen molar-refractivity contribution in [1.29, 1.82) is 0 Å². The number of halogens is 2. The minimum Gasteiger partial charge on any atom is -0.370 e. The van der Waals surface area contributed by atoms with Crippen LogP contribution < -0.4 is 5.32 Å². The van der Waals surface area contributed by atoms with Gasteiger partial charge in [0.15, 0.2) is 0 Å². The normalized spacial score (nSPS) is 12.5. The number of anilines is 1. The third-order valence-electron chi connectivity index (χ3n) is 2.83. The van der Waals surface area contributed by atoms with E-state index in [2.05, 4.69) is 46.1 Å². The van der Waals surface area contributed by atoms with Crippen LogP contribution in [0.15, 0.2) is 16.7 Å². The molecule has 0 fully saturated rings. The zero-order valence-corrected chi connectivity index (χ0v) is 12.8. The van der Waals surface area contributed by atoms with E-state index in [4.69, 9.17) is 11.6 Å². The average Bonchev–Trinajstić information content (AvgIpc) is 2.31. The minimum atomic E-state index is 0.642. The molecule has 0 amide bonds. The number of hydrogen-bond donors (Lipinski definition) is 1. The number of alkyl halides is 1. The lowest BCUT2D eigenvalue weighted by atomic mass is 10.0. The smallest absolute Gasteiger partial charge is 0.126 e. The summed E-state index contributed by atoms with van der Waals surface area (Å²) in [6, 6.07) is 2.06. The van der Waals surface area contributed by atoms with Gasteiger partial charge in [0.25, 0.3) is 0 Å². The highest BCUT2D eigenvalue weighted by atomic mass is 79.9. The number of rotatable bonds is 7. The molecule has 1 aromatic rings. The average molecular weight is 320 g/mol. The summed E-state index contributed by atoms with van der Waals surface area (Å²) in [4.78, 5) is 4.34. The molecule has 0 bridgehead atoms. The number of pyridine rings is 1. The van der Waals surface area contributed by atoms with Gasteiger partial charge in [-0.15, -0.1) is 11.6 Å². The SMILES string of the molecule is CCCC(CCCl)CNc1cc(C)c(Br)cn1. The molecular formula is C13H20BrClN2. The molecule has 0 aliphatic carbocycles. The van der Waals surface area contributed by atoms with Crippen molar-refractivity contribution < 1.29 is 0 Å². The van der Waals surface area contributed by atoms with Crippen LogP contribution in [0.5, 0.6) is 0 Å². The number of aryl methyl sites for hydroxylation is 1. The molecule has 1 atom stereocenters. The van der Waals surface area contributed by atoms with E-state index in [0.717, 1.165) is 29.1 Å². The maximum atomic E-state index is 5.81. The van der Waals surface area contributed by atoms with Crippen LogP contribution in [0.2, 0.25) is 0 Å². The summed E-state index contributed by atoms with van der Waals surface area (Å²) in [5.41, 5.74) is 1.20. The number of nitrogens with one attached hydrogen (secondary N) is 1. The fourth-order valence-electron chi connectivity index (χ4n) is 1.80. The van der Waals surface area contributed by atoms with Crippen molar-refractivity contribution in [1.82, 2.24) is 4.98 Å². The predicted octanol–water partition coefficient (Wildman–Crippen LogP) is 4.61. The fraction of sp³-hybridized carbons (Fsp3) is 0.615. The summed E-state index contributed by atoms with van der Waals surface area (Å²) in [5.74, 6) is 2.32. The quantitative estimate of drug-likeness (QED) is 0.742. The van der Waals surface area contributed by atoms with E-state index in [0.29, 0.717) is 5.92 Å². The van der Waals surface area contributed by atoms with Gasteiger partial charge >= 0.3 is 0 Å². The monoisotopic (exact) mass is 318 g/mol. The standard InChI is InChI=1S/C13H20BrClN2/c1-3-4-11(5-6-15)8-16-13-7-10(2)12(14)9-17-13/h7,9,11H,3-6,8H2,1-2H3,(H,16,17). The summed E-state index contributed by atoms with van der Waals surface area (Å²) >= 11 is 9.26. The highest BCUT2D eigenvalue weighted by molar-refractivity contribution is 9.10. The fourth-order valence-corrected chi connectivity index (χ4v) is 2.32. The Labute approximate surface area is 117 Å². The minimum absolute atomic E-state index is 0.642. The van der Waals surface area contributed by atoms with Crippen LogP contribution in [0.1, 0.15) is 31.7 Å². The van der Waals surface area contributed by atoms with E-state index in [9.17, 15) is 0 Å². The second-order valence-electron chi connectivity index (χ2n) is 4.33. The molecule has 1 N–H and O–H groups in total. The number of hydrogen-bond acceptors (Lipinski definition) is 2. The highest BCUT2D eigenvalue weighted by Crippen LogP contribution is 2.18. The second kappa shape index (κ2) is 7.93. The third-order valence-corrected chi connectivity index (χ3v) is 3.88. The lowest BCUT2D eigenvalue weighted by Crippen LogP contribution is -2.15. The Morgan fingerprint density at radius 2 is 2.24 bits per heavy atom. The molecule has 0 radical (unpaired) electrons. The predicted molar refractivity (Wildman–Crippen MR) is 78.9 cm³/mol. The van der Waals surface area contributed by atoms with Gasteiger partial charge in [0.05, 0.1) is 0 Å². The number of nitrogens with zero attached hydrogens (tertiary/aromatic N) is 1. The second-order valence-corrected chi connectivity index (χ2v) is 5.56. The Morgan fingerprint density at radius 1 is 1.47 bits per heavy atom. The van der Waals surface area contributed by atoms with Crippen molar-refractivity contribution in [2.45, 2.75) is 33.1 Å². The topological polar surface area (TPSA) is 24.9 Å². The van der Waals surface area contributed by atoms with Gasteiger partial charge in [0, 0.05) is 23.1 Å². The number of aromatic nitrogens is 1. The van der Waals surface area contributed by atoms with Crippen molar-refractivity contribution in [3.63, 3.8) is 0 Å². The lowest BCUT2D eigenvalue weighted by Gasteiger charge is -2.16. The van der Waals surface area contributed by atoms with Crippen LogP contribution >= 0.6 is 27.5 Å². The molecular weight excluding hydrogens is 300 g/mol. The van der Waals surface area contributed by atoms with Crippen molar-refractivity contribution in [2.75, 3.05) is 17.7 Å². The van der Waals surface area contributed by atoms with Gasteiger partial charge in [-0.3, -0.25) is 0 Å². The van der Waals surface area contributed by atoms with Crippen LogP contribution in [0.25, 0.3) is 0 Å². The van der Waals surface area contributed by atoms with Gasteiger partial charge in [-0.25, -0.2) is 4.98 Å². The summed E-state index contributed by atoms with van der Waals surface area (Å²) in [6.07, 6.45) is 5.33. The first-order chi connectivity index (χ1) is 8.17. The van der Waals surface area contributed by atoms with E-state index in [1.165, 1.54) is 18.4 Å². The van der Waals surface area contributed by atoms with E-state index in [1.54, 1.807) is 0 Å². The van der Waals surface area contributed by atoms with Crippen molar-refractivity contribution in [3.8, 4) is 0 Å². The van der Waals surface area contributed by atoms with Crippen LogP contribution in [-0.2, 0) is 0 Å². The maximum Gasteiger partial charge on any atom is 0.126 e. The maximum absolute atomic E-state index is 5.81. The largest absolute Gasteiger partial charge is 0.370 e. The van der Waals surface area contributed by atoms with Crippen LogP contribution in [0.3, 0.4) is 0 Å². The van der Waals surface area contributed by atoms with Gasteiger partial charge in [0.2, 0.25) is 0 Å². The molecule has 0 aromatic carbocycles. The molecule has 0 aliphatic rings. The third kappa shape index (κ3) is 5.26. The molecule has 4 heteroatoms. The van der Waals surface area contributed by atoms with Gasteiger partial charge in [-0.2, -0.15) is 0 Å². The van der Waals surface area contributed by atoms with Crippen molar-refractivity contribution in [3.05, 3.63) is 22.3 Å². The Morgan fingerprint density at radius 3 is 2.82 bits per heavy atom. The van der Waals surface area contributed by atoms with E-state index >= 15 is 0 Å². The molecule has 0 saturated heterocycles. The molecule has 0 saturated carbocycles. The Hall–Kier alpha value is -0.280. The molecule has 0 aliphatic heterocycles. The zero-order valence-electron chi connectivity index (χ0n) is 10.5. The van der Waals surface area contributed by atoms with Crippen molar-refractivity contribution >= 4 is 33.3 Å². The first-order valence-electron chi connectivity index (χ1n) is 6.09. The Bertz CT molecular complexity index is 338. The lowest BCUT2D eigenvalue weighted by molar-refractivity contribution is 0.489. The summed E-state index contributed by atoms with van der Waals surface area (Å²) < 4.78 is 1.05. The zero-order chi connectivity index (χ0) is 12.7. The molecule has 1 aromatic heterocycles. The molecule has 2 nitrogen and oxygen atoms in total. The van der Waals surface area contributed by atoms with Crippen LogP contribution in [0.4, 0.5) is 5.82 Å². The summed E-state index contributed by atoms with van der Waals surface area (Å²) in [6.45, 7) is 5.23. The van der Waals surface area contributed by atoms with E-state index in [1.807, 2.05) is 6.20 Å². The van der Waals surface area contributed by atoms with Crippen LogP contribution in [-0.4, -0.2) is 17.4 Å². The van der Waals surface area contributed by atoms with E-state index < -0.39 is 0 Å². The van der Waals surface area contributed by atoms with Crippen molar-refractivity contribution in [2.24, 2.45) is 5.92 Å². The van der Waals surface area contributed by atoms with Gasteiger partial charge in [-0.05, 0) is 53.2 Å². The summed E-state index contributed by atoms with van der Waals surface area (Å²) in [7, 11) is 0.